The first-order valence-electron chi connectivity index (χ1n) is 12.8. The third kappa shape index (κ3) is 8.01. The first-order valence-corrected chi connectivity index (χ1v) is 15.1. The Morgan fingerprint density at radius 1 is 1.05 bits per heavy atom. The summed E-state index contributed by atoms with van der Waals surface area (Å²) < 4.78 is 37.6. The second-order valence-electron chi connectivity index (χ2n) is 9.13. The number of nitrogens with zero attached hydrogens (tertiary/aromatic N) is 2. The molecule has 38 heavy (non-hydrogen) atoms. The van der Waals surface area contributed by atoms with Gasteiger partial charge in [0.15, 0.2) is 11.5 Å². The Labute approximate surface area is 230 Å². The van der Waals surface area contributed by atoms with Gasteiger partial charge >= 0.3 is 0 Å². The molecule has 0 fully saturated rings. The standard InChI is InChI=1S/C27H36ClN3O6S/c1-4-14-29-27(33)23(5-2)30(19-20-8-10-21(28)11-9-20)26(32)7-6-15-31(38(3,34)35)22-12-13-24-25(18-22)37-17-16-36-24/h8-13,18,23H,4-7,14-17,19H2,1-3H3,(H,29,33)/t23-/m0/s1. The van der Waals surface area contributed by atoms with Crippen molar-refractivity contribution in [2.75, 3.05) is 36.9 Å². The van der Waals surface area contributed by atoms with Crippen LogP contribution in [-0.2, 0) is 26.2 Å². The molecule has 2 aromatic rings. The lowest BCUT2D eigenvalue weighted by Crippen LogP contribution is -2.49. The number of carbonyl (C=O) groups excluding carboxylic acids is 2. The number of amides is 2. The highest BCUT2D eigenvalue weighted by molar-refractivity contribution is 7.92. The van der Waals surface area contributed by atoms with Crippen molar-refractivity contribution in [1.82, 2.24) is 10.2 Å². The van der Waals surface area contributed by atoms with Gasteiger partial charge in [-0.3, -0.25) is 13.9 Å². The number of anilines is 1. The van der Waals surface area contributed by atoms with Gasteiger partial charge in [-0.05, 0) is 49.1 Å². The van der Waals surface area contributed by atoms with Gasteiger partial charge in [0.1, 0.15) is 19.3 Å². The molecule has 11 heteroatoms. The highest BCUT2D eigenvalue weighted by Gasteiger charge is 2.29. The number of sulfonamides is 1. The van der Waals surface area contributed by atoms with Gasteiger partial charge in [-0.2, -0.15) is 0 Å². The predicted octanol–water partition coefficient (Wildman–Crippen LogP) is 3.99. The lowest BCUT2D eigenvalue weighted by Gasteiger charge is -2.31. The highest BCUT2D eigenvalue weighted by Crippen LogP contribution is 2.34. The Morgan fingerprint density at radius 3 is 2.37 bits per heavy atom. The van der Waals surface area contributed by atoms with Crippen LogP contribution < -0.4 is 19.1 Å². The molecule has 0 unspecified atom stereocenters. The SMILES string of the molecule is CCCNC(=O)[C@H](CC)N(Cc1ccc(Cl)cc1)C(=O)CCCN(c1ccc2c(c1)OCCO2)S(C)(=O)=O. The number of nitrogens with one attached hydrogen (secondary N) is 1. The molecule has 0 spiro atoms. The van der Waals surface area contributed by atoms with Gasteiger partial charge in [0.2, 0.25) is 21.8 Å². The molecule has 0 radical (unpaired) electrons. The van der Waals surface area contributed by atoms with Crippen molar-refractivity contribution in [3.05, 3.63) is 53.1 Å². The fourth-order valence-corrected chi connectivity index (χ4v) is 5.35. The van der Waals surface area contributed by atoms with E-state index in [2.05, 4.69) is 5.32 Å². The summed E-state index contributed by atoms with van der Waals surface area (Å²) in [5.41, 5.74) is 1.28. The van der Waals surface area contributed by atoms with Gasteiger partial charge < -0.3 is 19.7 Å². The van der Waals surface area contributed by atoms with Crippen molar-refractivity contribution < 1.29 is 27.5 Å². The van der Waals surface area contributed by atoms with E-state index < -0.39 is 16.1 Å². The monoisotopic (exact) mass is 565 g/mol. The van der Waals surface area contributed by atoms with Crippen LogP contribution in [0.5, 0.6) is 11.5 Å². The molecule has 3 rings (SSSR count). The Hall–Kier alpha value is -2.98. The normalized spacial score (nSPS) is 13.5. The smallest absolute Gasteiger partial charge is 0.242 e. The van der Waals surface area contributed by atoms with Gasteiger partial charge in [-0.15, -0.1) is 0 Å². The fraction of sp³-hybridized carbons (Fsp3) is 0.481. The molecule has 1 aliphatic heterocycles. The number of ether oxygens (including phenoxy) is 2. The molecule has 0 bridgehead atoms. The number of rotatable bonds is 13. The van der Waals surface area contributed by atoms with Gasteiger partial charge in [-0.1, -0.05) is 37.6 Å². The van der Waals surface area contributed by atoms with Gasteiger partial charge in [0, 0.05) is 37.1 Å². The first-order chi connectivity index (χ1) is 18.1. The maximum Gasteiger partial charge on any atom is 0.242 e. The van der Waals surface area contributed by atoms with Gasteiger partial charge in [-0.25, -0.2) is 8.42 Å². The molecule has 0 aliphatic carbocycles. The summed E-state index contributed by atoms with van der Waals surface area (Å²) in [7, 11) is -3.62. The number of hydrogen-bond acceptors (Lipinski definition) is 6. The Morgan fingerprint density at radius 2 is 1.74 bits per heavy atom. The Bertz CT molecular complexity index is 1210. The summed E-state index contributed by atoms with van der Waals surface area (Å²) in [6.07, 6.45) is 2.70. The molecule has 2 amide bonds. The van der Waals surface area contributed by atoms with Crippen LogP contribution in [0.1, 0.15) is 45.1 Å². The van der Waals surface area contributed by atoms with Crippen LogP contribution in [0, 0.1) is 0 Å². The number of hydrogen-bond donors (Lipinski definition) is 1. The summed E-state index contributed by atoms with van der Waals surface area (Å²) in [5, 5.41) is 3.47. The molecule has 1 heterocycles. The van der Waals surface area contributed by atoms with E-state index in [1.54, 1.807) is 35.2 Å². The molecular formula is C27H36ClN3O6S. The van der Waals surface area contributed by atoms with E-state index in [1.807, 2.05) is 26.0 Å². The minimum atomic E-state index is -3.62. The molecule has 9 nitrogen and oxygen atoms in total. The van der Waals surface area contributed by atoms with Crippen LogP contribution in [0.15, 0.2) is 42.5 Å². The zero-order valence-corrected chi connectivity index (χ0v) is 23.7. The average Bonchev–Trinajstić information content (AvgIpc) is 2.89. The molecule has 2 aromatic carbocycles. The largest absolute Gasteiger partial charge is 0.486 e. The highest BCUT2D eigenvalue weighted by atomic mass is 35.5. The van der Waals surface area contributed by atoms with Crippen LogP contribution in [0.4, 0.5) is 5.69 Å². The van der Waals surface area contributed by atoms with E-state index in [0.29, 0.717) is 48.4 Å². The third-order valence-electron chi connectivity index (χ3n) is 6.17. The zero-order chi connectivity index (χ0) is 27.7. The van der Waals surface area contributed by atoms with Crippen molar-refractivity contribution in [3.8, 4) is 11.5 Å². The third-order valence-corrected chi connectivity index (χ3v) is 7.61. The topological polar surface area (TPSA) is 105 Å². The van der Waals surface area contributed by atoms with E-state index in [0.717, 1.165) is 18.2 Å². The number of halogens is 1. The average molecular weight is 566 g/mol. The van der Waals surface area contributed by atoms with E-state index in [-0.39, 0.29) is 37.7 Å². The summed E-state index contributed by atoms with van der Waals surface area (Å²) in [6, 6.07) is 11.5. The number of benzene rings is 2. The minimum absolute atomic E-state index is 0.0712. The first kappa shape index (κ1) is 29.6. The summed E-state index contributed by atoms with van der Waals surface area (Å²) in [5.74, 6) is 0.615. The molecule has 1 N–H and O–H groups in total. The molecule has 0 saturated heterocycles. The van der Waals surface area contributed by atoms with Crippen molar-refractivity contribution in [3.63, 3.8) is 0 Å². The lowest BCUT2D eigenvalue weighted by atomic mass is 10.1. The number of carbonyl (C=O) groups is 2. The van der Waals surface area contributed by atoms with Crippen molar-refractivity contribution in [1.29, 1.82) is 0 Å². The molecule has 208 valence electrons. The molecule has 0 aromatic heterocycles. The fourth-order valence-electron chi connectivity index (χ4n) is 4.26. The van der Waals surface area contributed by atoms with Crippen LogP contribution in [0.2, 0.25) is 5.02 Å². The maximum atomic E-state index is 13.5. The second-order valence-corrected chi connectivity index (χ2v) is 11.5. The van der Waals surface area contributed by atoms with E-state index in [4.69, 9.17) is 21.1 Å². The van der Waals surface area contributed by atoms with Crippen LogP contribution in [0.25, 0.3) is 0 Å². The maximum absolute atomic E-state index is 13.5. The van der Waals surface area contributed by atoms with Crippen molar-refractivity contribution in [2.24, 2.45) is 0 Å². The van der Waals surface area contributed by atoms with Crippen molar-refractivity contribution in [2.45, 2.75) is 52.1 Å². The summed E-state index contributed by atoms with van der Waals surface area (Å²) in [4.78, 5) is 27.9. The Kier molecular flexibility index (Phi) is 10.7. The minimum Gasteiger partial charge on any atom is -0.486 e. The van der Waals surface area contributed by atoms with E-state index in [9.17, 15) is 18.0 Å². The van der Waals surface area contributed by atoms with Crippen LogP contribution in [-0.4, -0.2) is 63.7 Å². The molecule has 1 atom stereocenters. The van der Waals surface area contributed by atoms with Crippen LogP contribution >= 0.6 is 11.6 Å². The lowest BCUT2D eigenvalue weighted by molar-refractivity contribution is -0.141. The number of fused-ring (bicyclic) bond motifs is 1. The van der Waals surface area contributed by atoms with Crippen LogP contribution in [0.3, 0.4) is 0 Å². The Balaban J connectivity index is 1.75. The quantitative estimate of drug-likeness (QED) is 0.394. The predicted molar refractivity (Wildman–Crippen MR) is 148 cm³/mol. The van der Waals surface area contributed by atoms with Crippen molar-refractivity contribution >= 4 is 39.1 Å². The molecular weight excluding hydrogens is 530 g/mol. The van der Waals surface area contributed by atoms with E-state index in [1.165, 1.54) is 4.31 Å². The van der Waals surface area contributed by atoms with E-state index >= 15 is 0 Å². The second kappa shape index (κ2) is 13.7. The van der Waals surface area contributed by atoms with Gasteiger partial charge in [0.05, 0.1) is 11.9 Å². The molecule has 0 saturated carbocycles. The molecule has 1 aliphatic rings. The zero-order valence-electron chi connectivity index (χ0n) is 22.1. The van der Waals surface area contributed by atoms with Gasteiger partial charge in [0.25, 0.3) is 0 Å². The summed E-state index contributed by atoms with van der Waals surface area (Å²) in [6.45, 7) is 5.52. The summed E-state index contributed by atoms with van der Waals surface area (Å²) >= 11 is 6.02.